The maximum absolute atomic E-state index is 13.8. The zero-order chi connectivity index (χ0) is 40.4. The molecule has 12 nitrogen and oxygen atoms in total. The van der Waals surface area contributed by atoms with Crippen molar-refractivity contribution in [3.8, 4) is 0 Å². The summed E-state index contributed by atoms with van der Waals surface area (Å²) in [6.07, 6.45) is 3.34. The fraction of sp³-hybridized carbons (Fsp3) is 0.714. The van der Waals surface area contributed by atoms with Crippen molar-refractivity contribution in [2.75, 3.05) is 40.0 Å². The molecule has 0 bridgehead atoms. The van der Waals surface area contributed by atoms with Crippen molar-refractivity contribution in [2.45, 2.75) is 155 Å². The summed E-state index contributed by atoms with van der Waals surface area (Å²) in [7, 11) is 1.77. The van der Waals surface area contributed by atoms with Gasteiger partial charge < -0.3 is 38.1 Å². The SMILES string of the molecule is CN(CCCCCCOCc1ccccc1)C(=O)C1=C[C@@H](OCCC(=O)OC(C)(C)C)[C@@H](OCCC(=O)OC(C)(C)C)[C@H](OCCC(=O)OC(C)(C)C)C1. The minimum atomic E-state index is -0.797. The topological polar surface area (TPSA) is 136 Å². The van der Waals surface area contributed by atoms with E-state index in [0.717, 1.165) is 31.2 Å². The lowest BCUT2D eigenvalue weighted by atomic mass is 9.90. The Kier molecular flexibility index (Phi) is 19.9. The summed E-state index contributed by atoms with van der Waals surface area (Å²) in [5.41, 5.74) is -0.319. The van der Waals surface area contributed by atoms with Crippen LogP contribution in [0, 0.1) is 0 Å². The van der Waals surface area contributed by atoms with Gasteiger partial charge in [-0.1, -0.05) is 43.2 Å². The van der Waals surface area contributed by atoms with Crippen LogP contribution in [0.2, 0.25) is 0 Å². The van der Waals surface area contributed by atoms with Gasteiger partial charge in [0.05, 0.1) is 51.8 Å². The molecule has 1 aromatic carbocycles. The minimum absolute atomic E-state index is 0.000985. The number of carbonyl (C=O) groups is 4. The first-order valence-corrected chi connectivity index (χ1v) is 19.3. The van der Waals surface area contributed by atoms with E-state index in [1.165, 1.54) is 0 Å². The number of esters is 3. The van der Waals surface area contributed by atoms with Gasteiger partial charge in [0.2, 0.25) is 5.91 Å². The lowest BCUT2D eigenvalue weighted by molar-refractivity contribution is -0.167. The summed E-state index contributed by atoms with van der Waals surface area (Å²) in [6.45, 7) is 18.0. The summed E-state index contributed by atoms with van der Waals surface area (Å²) in [4.78, 5) is 53.0. The molecule has 54 heavy (non-hydrogen) atoms. The fourth-order valence-corrected chi connectivity index (χ4v) is 5.61. The molecule has 1 aromatic rings. The quantitative estimate of drug-likeness (QED) is 0.0693. The van der Waals surface area contributed by atoms with Crippen LogP contribution in [0.25, 0.3) is 0 Å². The number of rotatable bonds is 22. The lowest BCUT2D eigenvalue weighted by Gasteiger charge is -2.37. The average Bonchev–Trinajstić information content (AvgIpc) is 3.04. The van der Waals surface area contributed by atoms with Crippen LogP contribution in [0.3, 0.4) is 0 Å². The highest BCUT2D eigenvalue weighted by atomic mass is 16.6. The van der Waals surface area contributed by atoms with Gasteiger partial charge in [0.15, 0.2) is 0 Å². The number of unbranched alkanes of at least 4 members (excludes halogenated alkanes) is 3. The Labute approximate surface area is 323 Å². The van der Waals surface area contributed by atoms with E-state index in [1.54, 1.807) is 80.3 Å². The van der Waals surface area contributed by atoms with Gasteiger partial charge in [-0.2, -0.15) is 0 Å². The van der Waals surface area contributed by atoms with E-state index in [4.69, 9.17) is 33.2 Å². The molecule has 1 amide bonds. The molecule has 0 fully saturated rings. The molecule has 2 rings (SSSR count). The molecule has 0 saturated carbocycles. The Morgan fingerprint density at radius 1 is 0.648 bits per heavy atom. The monoisotopic (exact) mass is 761 g/mol. The van der Waals surface area contributed by atoms with E-state index in [9.17, 15) is 19.2 Å². The lowest BCUT2D eigenvalue weighted by Crippen LogP contribution is -2.47. The molecule has 0 heterocycles. The first-order valence-electron chi connectivity index (χ1n) is 19.3. The molecular formula is C42H67NO11. The number of hydrogen-bond acceptors (Lipinski definition) is 11. The number of ether oxygens (including phenoxy) is 7. The second-order valence-corrected chi connectivity index (χ2v) is 16.7. The third-order valence-corrected chi connectivity index (χ3v) is 7.87. The van der Waals surface area contributed by atoms with Gasteiger partial charge in [-0.05, 0) is 86.8 Å². The molecular weight excluding hydrogens is 694 g/mol. The second kappa shape index (κ2) is 22.9. The number of benzene rings is 1. The van der Waals surface area contributed by atoms with Gasteiger partial charge in [0, 0.05) is 32.2 Å². The van der Waals surface area contributed by atoms with Crippen molar-refractivity contribution in [2.24, 2.45) is 0 Å². The number of hydrogen-bond donors (Lipinski definition) is 0. The maximum atomic E-state index is 13.8. The number of amides is 1. The van der Waals surface area contributed by atoms with Crippen LogP contribution in [0.1, 0.15) is 119 Å². The Hall–Kier alpha value is -3.32. The van der Waals surface area contributed by atoms with Crippen LogP contribution < -0.4 is 0 Å². The van der Waals surface area contributed by atoms with E-state index >= 15 is 0 Å². The zero-order valence-corrected chi connectivity index (χ0v) is 34.5. The first kappa shape index (κ1) is 46.8. The smallest absolute Gasteiger partial charge is 0.308 e. The first-order chi connectivity index (χ1) is 25.2. The summed E-state index contributed by atoms with van der Waals surface area (Å²) in [5.74, 6) is -1.43. The van der Waals surface area contributed by atoms with Crippen molar-refractivity contribution < 1.29 is 52.3 Å². The van der Waals surface area contributed by atoms with Crippen LogP contribution in [0.4, 0.5) is 0 Å². The highest BCUT2D eigenvalue weighted by Crippen LogP contribution is 2.29. The fourth-order valence-electron chi connectivity index (χ4n) is 5.61. The molecule has 0 saturated heterocycles. The van der Waals surface area contributed by atoms with Crippen LogP contribution in [-0.2, 0) is 58.9 Å². The molecule has 0 aliphatic heterocycles. The molecule has 1 aliphatic rings. The maximum Gasteiger partial charge on any atom is 0.308 e. The summed E-state index contributed by atoms with van der Waals surface area (Å²) in [6, 6.07) is 10.1. The predicted molar refractivity (Wildman–Crippen MR) is 206 cm³/mol. The summed E-state index contributed by atoms with van der Waals surface area (Å²) >= 11 is 0. The summed E-state index contributed by atoms with van der Waals surface area (Å²) < 4.78 is 40.8. The minimum Gasteiger partial charge on any atom is -0.460 e. The Balaban J connectivity index is 2.12. The third kappa shape index (κ3) is 21.0. The number of carbonyl (C=O) groups excluding carboxylic acids is 4. The van der Waals surface area contributed by atoms with Gasteiger partial charge in [-0.25, -0.2) is 0 Å². The van der Waals surface area contributed by atoms with Crippen LogP contribution in [-0.4, -0.2) is 104 Å². The van der Waals surface area contributed by atoms with Crippen LogP contribution in [0.5, 0.6) is 0 Å². The van der Waals surface area contributed by atoms with Crippen molar-refractivity contribution in [1.82, 2.24) is 4.90 Å². The van der Waals surface area contributed by atoms with Crippen LogP contribution >= 0.6 is 0 Å². The molecule has 0 radical (unpaired) electrons. The number of nitrogens with zero attached hydrogens (tertiary/aromatic N) is 1. The van der Waals surface area contributed by atoms with E-state index in [-0.39, 0.29) is 51.4 Å². The molecule has 1 aliphatic carbocycles. The molecule has 0 aromatic heterocycles. The average molecular weight is 762 g/mol. The van der Waals surface area contributed by atoms with Crippen molar-refractivity contribution in [3.05, 3.63) is 47.5 Å². The summed E-state index contributed by atoms with van der Waals surface area (Å²) in [5, 5.41) is 0. The normalized spacial score (nSPS) is 17.7. The molecule has 3 atom stereocenters. The molecule has 0 unspecified atom stereocenters. The van der Waals surface area contributed by atoms with Crippen molar-refractivity contribution in [3.63, 3.8) is 0 Å². The Morgan fingerprint density at radius 3 is 1.69 bits per heavy atom. The van der Waals surface area contributed by atoms with Gasteiger partial charge in [0.25, 0.3) is 0 Å². The van der Waals surface area contributed by atoms with E-state index in [2.05, 4.69) is 0 Å². The zero-order valence-electron chi connectivity index (χ0n) is 34.5. The largest absolute Gasteiger partial charge is 0.460 e. The van der Waals surface area contributed by atoms with Gasteiger partial charge in [-0.3, -0.25) is 19.2 Å². The van der Waals surface area contributed by atoms with E-state index in [1.807, 2.05) is 30.3 Å². The van der Waals surface area contributed by atoms with Gasteiger partial charge in [0.1, 0.15) is 29.0 Å². The highest BCUT2D eigenvalue weighted by molar-refractivity contribution is 5.93. The third-order valence-electron chi connectivity index (χ3n) is 7.87. The Morgan fingerprint density at radius 2 is 1.15 bits per heavy atom. The van der Waals surface area contributed by atoms with Gasteiger partial charge >= 0.3 is 17.9 Å². The van der Waals surface area contributed by atoms with Crippen molar-refractivity contribution in [1.29, 1.82) is 0 Å². The second-order valence-electron chi connectivity index (χ2n) is 16.7. The van der Waals surface area contributed by atoms with Gasteiger partial charge in [-0.15, -0.1) is 0 Å². The molecule has 0 spiro atoms. The molecule has 0 N–H and O–H groups in total. The number of likely N-dealkylation sites (N-methyl/N-ethyl adjacent to an activating group) is 1. The van der Waals surface area contributed by atoms with Crippen molar-refractivity contribution >= 4 is 23.8 Å². The predicted octanol–water partition coefficient (Wildman–Crippen LogP) is 6.90. The van der Waals surface area contributed by atoms with Crippen LogP contribution in [0.15, 0.2) is 42.0 Å². The standard InChI is InChI=1S/C42H67NO11/c1-40(2,3)52-35(44)20-25-49-33-28-32(39(47)43(10)23-16-11-12-17-24-48-30-31-18-14-13-15-19-31)29-34(50-26-21-36(45)53-41(4,5)6)38(33)51-27-22-37(46)54-42(7,8)9/h13-15,18-19,28,33-34,38H,11-12,16-17,20-27,29-30H2,1-10H3/t33-,34-,38-/m1/s1. The molecule has 12 heteroatoms. The van der Waals surface area contributed by atoms with E-state index < -0.39 is 53.0 Å². The molecule has 306 valence electrons. The van der Waals surface area contributed by atoms with E-state index in [0.29, 0.717) is 25.3 Å². The Bertz CT molecular complexity index is 1320. The highest BCUT2D eigenvalue weighted by Gasteiger charge is 2.38.